The Morgan fingerprint density at radius 2 is 2.21 bits per heavy atom. The Morgan fingerprint density at radius 3 is 2.89 bits per heavy atom. The highest BCUT2D eigenvalue weighted by Gasteiger charge is 2.23. The second kappa shape index (κ2) is 5.30. The van der Waals surface area contributed by atoms with Gasteiger partial charge in [0.25, 0.3) is 5.91 Å². The number of carbonyl (C=O) groups excluding carboxylic acids is 1. The molecule has 5 heteroatoms. The topological polar surface area (TPSA) is 66.8 Å². The van der Waals surface area contributed by atoms with Gasteiger partial charge in [0.2, 0.25) is 0 Å². The lowest BCUT2D eigenvalue weighted by Gasteiger charge is -2.27. The molecule has 1 aliphatic heterocycles. The molecule has 19 heavy (non-hydrogen) atoms. The molecule has 2 rings (SSSR count). The summed E-state index contributed by atoms with van der Waals surface area (Å²) in [7, 11) is 1.73. The van der Waals surface area contributed by atoms with E-state index in [1.165, 1.54) is 0 Å². The number of nitrogens with zero attached hydrogens (tertiary/aromatic N) is 1. The van der Waals surface area contributed by atoms with Gasteiger partial charge in [-0.15, -0.1) is 0 Å². The van der Waals surface area contributed by atoms with Crippen LogP contribution < -0.4 is 9.64 Å². The second-order valence-corrected chi connectivity index (χ2v) is 4.74. The van der Waals surface area contributed by atoms with Crippen LogP contribution in [0.3, 0.4) is 0 Å². The Hall–Kier alpha value is -2.04. The Labute approximate surface area is 111 Å². The number of rotatable bonds is 4. The maximum atomic E-state index is 11.5. The van der Waals surface area contributed by atoms with Crippen LogP contribution in [0.1, 0.15) is 24.0 Å². The lowest BCUT2D eigenvalue weighted by atomic mass is 10.0. The fourth-order valence-electron chi connectivity index (χ4n) is 2.16. The Kier molecular flexibility index (Phi) is 3.74. The van der Waals surface area contributed by atoms with Crippen LogP contribution in [0.25, 0.3) is 0 Å². The fourth-order valence-corrected chi connectivity index (χ4v) is 2.16. The monoisotopic (exact) mass is 263 g/mol. The van der Waals surface area contributed by atoms with Gasteiger partial charge in [-0.25, -0.2) is 0 Å². The van der Waals surface area contributed by atoms with Gasteiger partial charge in [0.05, 0.1) is 5.69 Å². The second-order valence-electron chi connectivity index (χ2n) is 4.74. The molecular weight excluding hydrogens is 246 g/mol. The van der Waals surface area contributed by atoms with Crippen molar-refractivity contribution in [2.75, 3.05) is 18.6 Å². The predicted molar refractivity (Wildman–Crippen MR) is 70.7 cm³/mol. The average molecular weight is 263 g/mol. The largest absolute Gasteiger partial charge is 0.482 e. The number of aliphatic carboxylic acids is 1. The van der Waals surface area contributed by atoms with Crippen LogP contribution in [0.5, 0.6) is 5.75 Å². The molecule has 0 saturated carbocycles. The van der Waals surface area contributed by atoms with E-state index in [0.717, 1.165) is 16.8 Å². The predicted octanol–water partition coefficient (Wildman–Crippen LogP) is 1.76. The maximum Gasteiger partial charge on any atom is 0.303 e. The third-order valence-corrected chi connectivity index (χ3v) is 3.34. The molecule has 0 aromatic heterocycles. The number of anilines is 1. The zero-order valence-corrected chi connectivity index (χ0v) is 11.1. The van der Waals surface area contributed by atoms with E-state index in [9.17, 15) is 9.59 Å². The summed E-state index contributed by atoms with van der Waals surface area (Å²) in [6, 6.07) is 3.83. The Morgan fingerprint density at radius 1 is 1.47 bits per heavy atom. The molecule has 1 N–H and O–H groups in total. The van der Waals surface area contributed by atoms with E-state index in [0.29, 0.717) is 18.6 Å². The number of amides is 1. The highest BCUT2D eigenvalue weighted by Crippen LogP contribution is 2.34. The molecule has 1 heterocycles. The van der Waals surface area contributed by atoms with Gasteiger partial charge in [-0.2, -0.15) is 0 Å². The summed E-state index contributed by atoms with van der Waals surface area (Å²) in [6.45, 7) is 2.02. The van der Waals surface area contributed by atoms with Gasteiger partial charge in [-0.1, -0.05) is 0 Å². The van der Waals surface area contributed by atoms with Crippen molar-refractivity contribution >= 4 is 17.6 Å². The zero-order chi connectivity index (χ0) is 14.0. The molecule has 0 bridgehead atoms. The average Bonchev–Trinajstić information content (AvgIpc) is 2.35. The number of carbonyl (C=O) groups is 2. The SMILES string of the molecule is Cc1cc2c(cc1CCCC(=O)O)OCC(=O)N2C. The van der Waals surface area contributed by atoms with Crippen molar-refractivity contribution in [1.82, 2.24) is 0 Å². The summed E-state index contributed by atoms with van der Waals surface area (Å²) >= 11 is 0. The van der Waals surface area contributed by atoms with E-state index >= 15 is 0 Å². The number of carboxylic acid groups (broad SMARTS) is 1. The van der Waals surface area contributed by atoms with E-state index in [1.54, 1.807) is 11.9 Å². The van der Waals surface area contributed by atoms with Crippen molar-refractivity contribution in [3.8, 4) is 5.75 Å². The van der Waals surface area contributed by atoms with Crippen molar-refractivity contribution in [2.45, 2.75) is 26.2 Å². The number of fused-ring (bicyclic) bond motifs is 1. The first-order chi connectivity index (χ1) is 8.99. The van der Waals surface area contributed by atoms with Gasteiger partial charge in [0, 0.05) is 13.5 Å². The first kappa shape index (κ1) is 13.4. The van der Waals surface area contributed by atoms with Crippen molar-refractivity contribution in [3.63, 3.8) is 0 Å². The molecule has 102 valence electrons. The molecule has 0 radical (unpaired) electrons. The minimum Gasteiger partial charge on any atom is -0.482 e. The number of hydrogen-bond acceptors (Lipinski definition) is 3. The molecule has 0 saturated heterocycles. The number of likely N-dealkylation sites (N-methyl/N-ethyl adjacent to an activating group) is 1. The number of ether oxygens (including phenoxy) is 1. The van der Waals surface area contributed by atoms with Gasteiger partial charge >= 0.3 is 5.97 Å². The van der Waals surface area contributed by atoms with Crippen LogP contribution in [0.4, 0.5) is 5.69 Å². The number of benzene rings is 1. The van der Waals surface area contributed by atoms with Crippen molar-refractivity contribution in [3.05, 3.63) is 23.3 Å². The van der Waals surface area contributed by atoms with Gasteiger partial charge in [0.15, 0.2) is 6.61 Å². The van der Waals surface area contributed by atoms with Crippen molar-refractivity contribution in [2.24, 2.45) is 0 Å². The highest BCUT2D eigenvalue weighted by molar-refractivity contribution is 5.97. The van der Waals surface area contributed by atoms with Crippen molar-refractivity contribution in [1.29, 1.82) is 0 Å². The Bertz CT molecular complexity index is 524. The van der Waals surface area contributed by atoms with E-state index < -0.39 is 5.97 Å². The van der Waals surface area contributed by atoms with Crippen LogP contribution in [-0.2, 0) is 16.0 Å². The van der Waals surface area contributed by atoms with Gasteiger partial charge in [0.1, 0.15) is 5.75 Å². The lowest BCUT2D eigenvalue weighted by molar-refractivity contribution is -0.137. The maximum absolute atomic E-state index is 11.5. The molecule has 0 unspecified atom stereocenters. The van der Waals surface area contributed by atoms with Gasteiger partial charge < -0.3 is 14.7 Å². The quantitative estimate of drug-likeness (QED) is 0.898. The highest BCUT2D eigenvalue weighted by atomic mass is 16.5. The Balaban J connectivity index is 2.19. The van der Waals surface area contributed by atoms with E-state index in [4.69, 9.17) is 9.84 Å². The summed E-state index contributed by atoms with van der Waals surface area (Å²) in [5.74, 6) is -0.152. The van der Waals surface area contributed by atoms with Crippen LogP contribution in [0.15, 0.2) is 12.1 Å². The van der Waals surface area contributed by atoms with Gasteiger partial charge in [-0.3, -0.25) is 9.59 Å². The molecule has 0 atom stereocenters. The minimum atomic E-state index is -0.780. The molecule has 1 aromatic carbocycles. The molecule has 5 nitrogen and oxygen atoms in total. The first-order valence-electron chi connectivity index (χ1n) is 6.23. The number of aryl methyl sites for hydroxylation is 2. The summed E-state index contributed by atoms with van der Waals surface area (Å²) in [5, 5.41) is 8.65. The first-order valence-corrected chi connectivity index (χ1v) is 6.23. The van der Waals surface area contributed by atoms with Crippen LogP contribution >= 0.6 is 0 Å². The van der Waals surface area contributed by atoms with Crippen molar-refractivity contribution < 1.29 is 19.4 Å². The summed E-state index contributed by atoms with van der Waals surface area (Å²) in [5.41, 5.74) is 2.90. The molecule has 0 spiro atoms. The van der Waals surface area contributed by atoms with Gasteiger partial charge in [-0.05, 0) is 43.0 Å². The summed E-state index contributed by atoms with van der Waals surface area (Å²) in [6.07, 6.45) is 1.46. The van der Waals surface area contributed by atoms with E-state index in [-0.39, 0.29) is 18.9 Å². The smallest absolute Gasteiger partial charge is 0.303 e. The van der Waals surface area contributed by atoms with Crippen LogP contribution in [0.2, 0.25) is 0 Å². The molecule has 0 aliphatic carbocycles. The summed E-state index contributed by atoms with van der Waals surface area (Å²) in [4.78, 5) is 23.6. The molecule has 1 aromatic rings. The third-order valence-electron chi connectivity index (χ3n) is 3.34. The summed E-state index contributed by atoms with van der Waals surface area (Å²) < 4.78 is 5.42. The third kappa shape index (κ3) is 2.86. The van der Waals surface area contributed by atoms with E-state index in [1.807, 2.05) is 19.1 Å². The number of hydrogen-bond donors (Lipinski definition) is 1. The molecule has 1 amide bonds. The fraction of sp³-hybridized carbons (Fsp3) is 0.429. The minimum absolute atomic E-state index is 0.0567. The van der Waals surface area contributed by atoms with Crippen LogP contribution in [0, 0.1) is 6.92 Å². The lowest BCUT2D eigenvalue weighted by Crippen LogP contribution is -2.35. The van der Waals surface area contributed by atoms with Crippen LogP contribution in [-0.4, -0.2) is 30.6 Å². The molecule has 0 fully saturated rings. The zero-order valence-electron chi connectivity index (χ0n) is 11.1. The standard InChI is InChI=1S/C14H17NO4/c1-9-6-11-12(19-8-13(16)15(11)2)7-10(9)4-3-5-14(17)18/h6-7H,3-5,8H2,1-2H3,(H,17,18). The normalized spacial score (nSPS) is 14.0. The molecule has 1 aliphatic rings. The van der Waals surface area contributed by atoms with E-state index in [2.05, 4.69) is 0 Å². The number of carboxylic acids is 1. The molecular formula is C14H17NO4.